The molecule has 0 radical (unpaired) electrons. The second kappa shape index (κ2) is 8.20. The highest BCUT2D eigenvalue weighted by molar-refractivity contribution is 7.91. The first-order chi connectivity index (χ1) is 12.8. The van der Waals surface area contributed by atoms with Gasteiger partial charge < -0.3 is 0 Å². The van der Waals surface area contributed by atoms with E-state index in [9.17, 15) is 13.2 Å². The number of thiazole rings is 1. The summed E-state index contributed by atoms with van der Waals surface area (Å²) in [5, 5.41) is 1.56. The summed E-state index contributed by atoms with van der Waals surface area (Å²) in [5.41, 5.74) is 5.61. The molecule has 1 amide bonds. The number of carbonyl (C=O) groups excluding carboxylic acids is 1. The number of rotatable bonds is 6. The summed E-state index contributed by atoms with van der Waals surface area (Å²) in [6, 6.07) is 9.22. The fourth-order valence-corrected chi connectivity index (χ4v) is 4.77. The van der Waals surface area contributed by atoms with Crippen LogP contribution in [-0.4, -0.2) is 25.1 Å². The van der Waals surface area contributed by atoms with E-state index in [4.69, 9.17) is 34.8 Å². The summed E-state index contributed by atoms with van der Waals surface area (Å²) in [7, 11) is -3.58. The van der Waals surface area contributed by atoms with Gasteiger partial charge in [-0.15, -0.1) is 0 Å². The summed E-state index contributed by atoms with van der Waals surface area (Å²) < 4.78 is 25.3. The quantitative estimate of drug-likeness (QED) is 0.522. The number of anilines is 1. The molecule has 0 atom stereocenters. The first kappa shape index (κ1) is 20.2. The van der Waals surface area contributed by atoms with Gasteiger partial charge in [-0.25, -0.2) is 13.4 Å². The van der Waals surface area contributed by atoms with Crippen LogP contribution in [0.2, 0.25) is 15.1 Å². The number of nitrogens with zero attached hydrogens (tertiary/aromatic N) is 1. The number of benzene rings is 2. The van der Waals surface area contributed by atoms with Gasteiger partial charge in [0.05, 0.1) is 25.4 Å². The standard InChI is InChI=1S/C16H12Cl3N3O3S2/c17-9-1-3-10(4-2-9)27(24,25)8-7-13(23)21-22-16-20-15-12(26-16)6-5-11(18)14(15)19/h1-6H,7-8H2,(H,20,22)(H,21,23). The monoisotopic (exact) mass is 463 g/mol. The molecule has 11 heteroatoms. The highest BCUT2D eigenvalue weighted by atomic mass is 35.5. The predicted octanol–water partition coefficient (Wildman–Crippen LogP) is 4.56. The van der Waals surface area contributed by atoms with Crippen molar-refractivity contribution in [2.45, 2.75) is 11.3 Å². The summed E-state index contributed by atoms with van der Waals surface area (Å²) in [6.07, 6.45) is -0.213. The lowest BCUT2D eigenvalue weighted by Crippen LogP contribution is -2.30. The van der Waals surface area contributed by atoms with Crippen LogP contribution < -0.4 is 10.9 Å². The maximum atomic E-state index is 12.2. The maximum Gasteiger partial charge on any atom is 0.239 e. The molecule has 1 heterocycles. The molecule has 27 heavy (non-hydrogen) atoms. The van der Waals surface area contributed by atoms with Crippen molar-refractivity contribution in [2.24, 2.45) is 0 Å². The van der Waals surface area contributed by atoms with Crippen LogP contribution in [0.3, 0.4) is 0 Å². The lowest BCUT2D eigenvalue weighted by Gasteiger charge is -2.06. The molecular formula is C16H12Cl3N3O3S2. The molecule has 0 aliphatic rings. The van der Waals surface area contributed by atoms with Crippen LogP contribution in [0.15, 0.2) is 41.3 Å². The Bertz CT molecular complexity index is 1100. The van der Waals surface area contributed by atoms with Crippen LogP contribution in [0.4, 0.5) is 5.13 Å². The zero-order valence-electron chi connectivity index (χ0n) is 13.5. The van der Waals surface area contributed by atoms with Gasteiger partial charge >= 0.3 is 0 Å². The molecule has 1 aromatic heterocycles. The number of nitrogens with one attached hydrogen (secondary N) is 2. The predicted molar refractivity (Wildman–Crippen MR) is 110 cm³/mol. The van der Waals surface area contributed by atoms with E-state index in [1.807, 2.05) is 0 Å². The van der Waals surface area contributed by atoms with Gasteiger partial charge in [0.25, 0.3) is 0 Å². The Morgan fingerprint density at radius 2 is 1.78 bits per heavy atom. The molecule has 0 aliphatic heterocycles. The van der Waals surface area contributed by atoms with Crippen LogP contribution >= 0.6 is 46.1 Å². The molecular weight excluding hydrogens is 453 g/mol. The molecule has 2 N–H and O–H groups in total. The molecule has 0 spiro atoms. The molecule has 142 valence electrons. The largest absolute Gasteiger partial charge is 0.273 e. The first-order valence-corrected chi connectivity index (χ1v) is 11.1. The fraction of sp³-hybridized carbons (Fsp3) is 0.125. The second-order valence-corrected chi connectivity index (χ2v) is 9.78. The van der Waals surface area contributed by atoms with Gasteiger partial charge in [0.2, 0.25) is 11.0 Å². The summed E-state index contributed by atoms with van der Waals surface area (Å²) in [6.45, 7) is 0. The van der Waals surface area contributed by atoms with Gasteiger partial charge in [-0.3, -0.25) is 15.6 Å². The van der Waals surface area contributed by atoms with Crippen LogP contribution in [0.1, 0.15) is 6.42 Å². The van der Waals surface area contributed by atoms with Crippen LogP contribution in [0, 0.1) is 0 Å². The van der Waals surface area contributed by atoms with Gasteiger partial charge in [-0.2, -0.15) is 0 Å². The van der Waals surface area contributed by atoms with Crippen LogP contribution in [-0.2, 0) is 14.6 Å². The lowest BCUT2D eigenvalue weighted by molar-refractivity contribution is -0.120. The highest BCUT2D eigenvalue weighted by Crippen LogP contribution is 2.34. The van der Waals surface area contributed by atoms with E-state index < -0.39 is 15.7 Å². The third-order valence-corrected chi connectivity index (χ3v) is 7.25. The molecule has 0 saturated carbocycles. The molecule has 0 unspecified atom stereocenters. The summed E-state index contributed by atoms with van der Waals surface area (Å²) in [4.78, 5) is 16.3. The zero-order chi connectivity index (χ0) is 19.6. The molecule has 3 aromatic rings. The van der Waals surface area contributed by atoms with Crippen molar-refractivity contribution in [3.63, 3.8) is 0 Å². The minimum Gasteiger partial charge on any atom is -0.273 e. The Kier molecular flexibility index (Phi) is 6.12. The van der Waals surface area contributed by atoms with Crippen molar-refractivity contribution in [1.82, 2.24) is 10.4 Å². The second-order valence-electron chi connectivity index (χ2n) is 5.42. The summed E-state index contributed by atoms with van der Waals surface area (Å²) in [5.74, 6) is -0.820. The smallest absolute Gasteiger partial charge is 0.239 e. The number of fused-ring (bicyclic) bond motifs is 1. The average molecular weight is 465 g/mol. The van der Waals surface area contributed by atoms with Crippen molar-refractivity contribution >= 4 is 77.2 Å². The Morgan fingerprint density at radius 1 is 1.07 bits per heavy atom. The van der Waals surface area contributed by atoms with E-state index in [1.54, 1.807) is 12.1 Å². The van der Waals surface area contributed by atoms with Crippen LogP contribution in [0.25, 0.3) is 10.2 Å². The molecule has 0 saturated heterocycles. The molecule has 3 rings (SSSR count). The minimum atomic E-state index is -3.58. The number of hydrazine groups is 1. The van der Waals surface area contributed by atoms with E-state index >= 15 is 0 Å². The Labute approximate surface area is 174 Å². The number of aromatic nitrogens is 1. The van der Waals surface area contributed by atoms with Crippen molar-refractivity contribution in [1.29, 1.82) is 0 Å². The van der Waals surface area contributed by atoms with Crippen molar-refractivity contribution in [3.8, 4) is 0 Å². The van der Waals surface area contributed by atoms with Crippen molar-refractivity contribution < 1.29 is 13.2 Å². The first-order valence-electron chi connectivity index (χ1n) is 7.54. The molecule has 0 bridgehead atoms. The van der Waals surface area contributed by atoms with E-state index in [0.717, 1.165) is 4.70 Å². The van der Waals surface area contributed by atoms with Crippen molar-refractivity contribution in [3.05, 3.63) is 51.5 Å². The van der Waals surface area contributed by atoms with Gasteiger partial charge in [-0.1, -0.05) is 46.1 Å². The third-order valence-electron chi connectivity index (χ3n) is 3.53. The fourth-order valence-electron chi connectivity index (χ4n) is 2.16. The number of amides is 1. The van der Waals surface area contributed by atoms with Crippen LogP contribution in [0.5, 0.6) is 0 Å². The van der Waals surface area contributed by atoms with E-state index in [0.29, 0.717) is 25.7 Å². The topological polar surface area (TPSA) is 88.2 Å². The average Bonchev–Trinajstić information content (AvgIpc) is 3.06. The van der Waals surface area contributed by atoms with E-state index in [1.165, 1.54) is 35.6 Å². The lowest BCUT2D eigenvalue weighted by atomic mass is 10.3. The Balaban J connectivity index is 1.58. The number of hydrogen-bond acceptors (Lipinski definition) is 6. The Morgan fingerprint density at radius 3 is 2.48 bits per heavy atom. The Hall–Kier alpha value is -1.58. The third kappa shape index (κ3) is 4.83. The molecule has 2 aromatic carbocycles. The van der Waals surface area contributed by atoms with Gasteiger partial charge in [-0.05, 0) is 36.4 Å². The SMILES string of the molecule is O=C(CCS(=O)(=O)c1ccc(Cl)cc1)NNc1nc2c(Cl)c(Cl)ccc2s1. The number of hydrogen-bond donors (Lipinski definition) is 2. The van der Waals surface area contributed by atoms with E-state index in [2.05, 4.69) is 15.8 Å². The maximum absolute atomic E-state index is 12.2. The van der Waals surface area contributed by atoms with E-state index in [-0.39, 0.29) is 17.1 Å². The molecule has 0 fully saturated rings. The number of sulfone groups is 1. The van der Waals surface area contributed by atoms with Gasteiger partial charge in [0.1, 0.15) is 5.52 Å². The minimum absolute atomic E-state index is 0.116. The zero-order valence-corrected chi connectivity index (χ0v) is 17.4. The highest BCUT2D eigenvalue weighted by Gasteiger charge is 2.17. The number of carbonyl (C=O) groups is 1. The molecule has 0 aliphatic carbocycles. The van der Waals surface area contributed by atoms with Crippen molar-refractivity contribution in [2.75, 3.05) is 11.2 Å². The summed E-state index contributed by atoms with van der Waals surface area (Å²) >= 11 is 19.1. The molecule has 6 nitrogen and oxygen atoms in total. The number of halogens is 3. The van der Waals surface area contributed by atoms with Gasteiger partial charge in [0, 0.05) is 11.4 Å². The normalized spacial score (nSPS) is 11.5. The van der Waals surface area contributed by atoms with Gasteiger partial charge in [0.15, 0.2) is 9.84 Å².